The maximum Gasteiger partial charge on any atom is 0.416 e. The van der Waals surface area contributed by atoms with Crippen molar-refractivity contribution in [1.29, 1.82) is 0 Å². The summed E-state index contributed by atoms with van der Waals surface area (Å²) in [5.41, 5.74) is 1.79. The van der Waals surface area contributed by atoms with Crippen molar-refractivity contribution in [2.45, 2.75) is 26.1 Å². The number of ether oxygens (including phenoxy) is 1. The number of nitrogens with zero attached hydrogens (tertiary/aromatic N) is 1. The predicted octanol–water partition coefficient (Wildman–Crippen LogP) is 4.47. The fraction of sp³-hybridized carbons (Fsp3) is 0.300. The third kappa shape index (κ3) is 4.44. The number of benzene rings is 2. The molecule has 0 spiro atoms. The number of hydrogen-bond donors (Lipinski definition) is 1. The van der Waals surface area contributed by atoms with Gasteiger partial charge in [-0.25, -0.2) is 4.79 Å². The topological polar surface area (TPSA) is 58.6 Å². The van der Waals surface area contributed by atoms with Gasteiger partial charge in [-0.1, -0.05) is 6.07 Å². The maximum atomic E-state index is 12.6. The zero-order valence-electron chi connectivity index (χ0n) is 15.2. The molecular formula is C20H19F3N2O3. The summed E-state index contributed by atoms with van der Waals surface area (Å²) in [6.45, 7) is 2.97. The summed E-state index contributed by atoms with van der Waals surface area (Å²) in [5.74, 6) is -0.508. The van der Waals surface area contributed by atoms with E-state index >= 15 is 0 Å². The van der Waals surface area contributed by atoms with Crippen LogP contribution < -0.4 is 5.32 Å². The van der Waals surface area contributed by atoms with Gasteiger partial charge in [0, 0.05) is 24.3 Å². The van der Waals surface area contributed by atoms with Gasteiger partial charge in [-0.2, -0.15) is 13.2 Å². The Kier molecular flexibility index (Phi) is 5.58. The van der Waals surface area contributed by atoms with Crippen LogP contribution in [-0.2, 0) is 23.9 Å². The maximum absolute atomic E-state index is 12.6. The molecule has 0 aromatic heterocycles. The lowest BCUT2D eigenvalue weighted by atomic mass is 9.99. The van der Waals surface area contributed by atoms with Gasteiger partial charge >= 0.3 is 12.3 Å². The molecule has 2 aromatic carbocycles. The van der Waals surface area contributed by atoms with Crippen LogP contribution in [0.3, 0.4) is 0 Å². The second kappa shape index (κ2) is 7.92. The molecule has 0 radical (unpaired) electrons. The van der Waals surface area contributed by atoms with Crippen molar-refractivity contribution in [1.82, 2.24) is 4.90 Å². The second-order valence-electron chi connectivity index (χ2n) is 6.38. The SMILES string of the molecule is CCOC(=O)N1CCc2ccc(NC(=O)c3ccc(C(F)(F)F)cc3)cc2C1. The minimum atomic E-state index is -4.45. The highest BCUT2D eigenvalue weighted by molar-refractivity contribution is 6.04. The highest BCUT2D eigenvalue weighted by atomic mass is 19.4. The van der Waals surface area contributed by atoms with E-state index in [-0.39, 0.29) is 11.7 Å². The van der Waals surface area contributed by atoms with Crippen LogP contribution in [-0.4, -0.2) is 30.1 Å². The molecular weight excluding hydrogens is 373 g/mol. The summed E-state index contributed by atoms with van der Waals surface area (Å²) in [6, 6.07) is 9.40. The normalized spacial score (nSPS) is 13.6. The lowest BCUT2D eigenvalue weighted by Gasteiger charge is -2.28. The molecule has 0 atom stereocenters. The summed E-state index contributed by atoms with van der Waals surface area (Å²) >= 11 is 0. The first kappa shape index (κ1) is 19.7. The summed E-state index contributed by atoms with van der Waals surface area (Å²) in [7, 11) is 0. The molecule has 1 aliphatic rings. The number of carbonyl (C=O) groups excluding carboxylic acids is 2. The van der Waals surface area contributed by atoms with Gasteiger partial charge in [-0.3, -0.25) is 4.79 Å². The smallest absolute Gasteiger partial charge is 0.416 e. The Morgan fingerprint density at radius 2 is 1.82 bits per heavy atom. The van der Waals surface area contributed by atoms with E-state index in [0.717, 1.165) is 35.4 Å². The van der Waals surface area contributed by atoms with Crippen LogP contribution in [0.2, 0.25) is 0 Å². The zero-order valence-corrected chi connectivity index (χ0v) is 15.2. The van der Waals surface area contributed by atoms with Crippen molar-refractivity contribution in [2.75, 3.05) is 18.5 Å². The minimum absolute atomic E-state index is 0.124. The molecule has 0 saturated carbocycles. The number of carbonyl (C=O) groups is 2. The Bertz CT molecular complexity index is 879. The van der Waals surface area contributed by atoms with Gasteiger partial charge in [0.15, 0.2) is 0 Å². The third-order valence-corrected chi connectivity index (χ3v) is 4.48. The standard InChI is InChI=1S/C20H19F3N2O3/c1-2-28-19(27)25-10-9-13-5-8-17(11-15(13)12-25)24-18(26)14-3-6-16(7-4-14)20(21,22)23/h3-8,11H,2,9-10,12H2,1H3,(H,24,26). The first-order valence-electron chi connectivity index (χ1n) is 8.80. The average molecular weight is 392 g/mol. The predicted molar refractivity (Wildman–Crippen MR) is 97.0 cm³/mol. The highest BCUT2D eigenvalue weighted by Crippen LogP contribution is 2.29. The van der Waals surface area contributed by atoms with Crippen molar-refractivity contribution in [2.24, 2.45) is 0 Å². The van der Waals surface area contributed by atoms with Gasteiger partial charge in [0.1, 0.15) is 0 Å². The first-order chi connectivity index (χ1) is 13.3. The summed E-state index contributed by atoms with van der Waals surface area (Å²) in [6.07, 6.45) is -4.15. The summed E-state index contributed by atoms with van der Waals surface area (Å²) < 4.78 is 42.9. The van der Waals surface area contributed by atoms with Gasteiger partial charge in [0.2, 0.25) is 0 Å². The molecule has 0 saturated heterocycles. The quantitative estimate of drug-likeness (QED) is 0.838. The van der Waals surface area contributed by atoms with E-state index < -0.39 is 17.6 Å². The third-order valence-electron chi connectivity index (χ3n) is 4.48. The number of rotatable bonds is 3. The molecule has 2 amide bonds. The van der Waals surface area contributed by atoms with Crippen LogP contribution in [0.15, 0.2) is 42.5 Å². The van der Waals surface area contributed by atoms with E-state index in [1.165, 1.54) is 0 Å². The Balaban J connectivity index is 1.71. The highest BCUT2D eigenvalue weighted by Gasteiger charge is 2.30. The zero-order chi connectivity index (χ0) is 20.3. The Hall–Kier alpha value is -3.03. The fourth-order valence-electron chi connectivity index (χ4n) is 3.02. The molecule has 0 unspecified atom stereocenters. The van der Waals surface area contributed by atoms with Crippen LogP contribution in [0.1, 0.15) is 34.0 Å². The molecule has 1 N–H and O–H groups in total. The van der Waals surface area contributed by atoms with Gasteiger partial charge in [0.05, 0.1) is 12.2 Å². The van der Waals surface area contributed by atoms with Crippen LogP contribution in [0.4, 0.5) is 23.7 Å². The Labute approximate surface area is 160 Å². The molecule has 1 aliphatic heterocycles. The Morgan fingerprint density at radius 1 is 1.11 bits per heavy atom. The minimum Gasteiger partial charge on any atom is -0.450 e. The van der Waals surface area contributed by atoms with Crippen molar-refractivity contribution in [3.8, 4) is 0 Å². The summed E-state index contributed by atoms with van der Waals surface area (Å²) in [4.78, 5) is 25.8. The number of alkyl halides is 3. The number of anilines is 1. The average Bonchev–Trinajstić information content (AvgIpc) is 2.67. The summed E-state index contributed by atoms with van der Waals surface area (Å²) in [5, 5.41) is 2.68. The molecule has 0 fully saturated rings. The van der Waals surface area contributed by atoms with Crippen molar-refractivity contribution < 1.29 is 27.5 Å². The van der Waals surface area contributed by atoms with E-state index in [1.807, 2.05) is 6.07 Å². The van der Waals surface area contributed by atoms with Crippen LogP contribution in [0.5, 0.6) is 0 Å². The number of hydrogen-bond acceptors (Lipinski definition) is 3. The monoisotopic (exact) mass is 392 g/mol. The second-order valence-corrected chi connectivity index (χ2v) is 6.38. The van der Waals surface area contributed by atoms with Crippen molar-refractivity contribution in [3.63, 3.8) is 0 Å². The molecule has 148 valence electrons. The number of amides is 2. The molecule has 8 heteroatoms. The van der Waals surface area contributed by atoms with E-state index in [2.05, 4.69) is 5.32 Å². The molecule has 5 nitrogen and oxygen atoms in total. The van der Waals surface area contributed by atoms with E-state index in [4.69, 9.17) is 4.74 Å². The van der Waals surface area contributed by atoms with Crippen LogP contribution in [0.25, 0.3) is 0 Å². The van der Waals surface area contributed by atoms with Crippen LogP contribution >= 0.6 is 0 Å². The van der Waals surface area contributed by atoms with Gasteiger partial charge < -0.3 is 15.0 Å². The molecule has 3 rings (SSSR count). The molecule has 2 aromatic rings. The number of nitrogens with one attached hydrogen (secondary N) is 1. The largest absolute Gasteiger partial charge is 0.450 e. The molecule has 28 heavy (non-hydrogen) atoms. The lowest BCUT2D eigenvalue weighted by molar-refractivity contribution is -0.137. The number of fused-ring (bicyclic) bond motifs is 1. The van der Waals surface area contributed by atoms with E-state index in [9.17, 15) is 22.8 Å². The van der Waals surface area contributed by atoms with E-state index in [1.54, 1.807) is 24.0 Å². The van der Waals surface area contributed by atoms with Gasteiger partial charge in [-0.15, -0.1) is 0 Å². The van der Waals surface area contributed by atoms with Crippen LogP contribution in [0, 0.1) is 0 Å². The first-order valence-corrected chi connectivity index (χ1v) is 8.80. The van der Waals surface area contributed by atoms with Gasteiger partial charge in [0.25, 0.3) is 5.91 Å². The fourth-order valence-corrected chi connectivity index (χ4v) is 3.02. The van der Waals surface area contributed by atoms with Crippen molar-refractivity contribution >= 4 is 17.7 Å². The number of halogens is 3. The van der Waals surface area contributed by atoms with Crippen molar-refractivity contribution in [3.05, 3.63) is 64.7 Å². The lowest BCUT2D eigenvalue weighted by Crippen LogP contribution is -2.36. The molecule has 1 heterocycles. The van der Waals surface area contributed by atoms with Gasteiger partial charge in [-0.05, 0) is 60.9 Å². The molecule has 0 aliphatic carbocycles. The Morgan fingerprint density at radius 3 is 2.46 bits per heavy atom. The molecule has 0 bridgehead atoms. The van der Waals surface area contributed by atoms with E-state index in [0.29, 0.717) is 31.8 Å².